The fraction of sp³-hybridized carbons (Fsp3) is 0.172. The lowest BCUT2D eigenvalue weighted by Gasteiger charge is -2.25. The van der Waals surface area contributed by atoms with Crippen LogP contribution in [0.2, 0.25) is 0 Å². The Kier molecular flexibility index (Phi) is 7.88. The second kappa shape index (κ2) is 11.4. The van der Waals surface area contributed by atoms with Gasteiger partial charge in [0.05, 0.1) is 32.1 Å². The van der Waals surface area contributed by atoms with Crippen LogP contribution in [0.3, 0.4) is 0 Å². The molecular weight excluding hydrogens is 594 g/mol. The number of ether oxygens (including phenoxy) is 2. The Balaban J connectivity index is 1.76. The highest BCUT2D eigenvalue weighted by Crippen LogP contribution is 2.42. The van der Waals surface area contributed by atoms with Crippen LogP contribution in [0.1, 0.15) is 11.1 Å². The van der Waals surface area contributed by atoms with Crippen molar-refractivity contribution < 1.29 is 40.0 Å². The number of anilines is 1. The molecule has 0 unspecified atom stereocenters. The molecule has 0 fully saturated rings. The van der Waals surface area contributed by atoms with Crippen LogP contribution in [0.15, 0.2) is 87.2 Å². The third-order valence-corrected chi connectivity index (χ3v) is 8.42. The van der Waals surface area contributed by atoms with Crippen molar-refractivity contribution in [3.63, 3.8) is 0 Å². The summed E-state index contributed by atoms with van der Waals surface area (Å²) in [6.45, 7) is -0.210. The van der Waals surface area contributed by atoms with Gasteiger partial charge in [0, 0.05) is 39.7 Å². The highest BCUT2D eigenvalue weighted by Gasteiger charge is 2.34. The SMILES string of the molecule is COc1ccc(CN(c2ccon2)S(=O)(=O)c2ccc3[nH]c(=O)ccc3c2-c2cc(F)c(CC(F)(F)F)cc2OC)cc1. The Morgan fingerprint density at radius 3 is 2.35 bits per heavy atom. The van der Waals surface area contributed by atoms with Crippen molar-refractivity contribution in [2.45, 2.75) is 24.0 Å². The molecule has 0 saturated heterocycles. The van der Waals surface area contributed by atoms with E-state index in [1.807, 2.05) is 0 Å². The fourth-order valence-electron chi connectivity index (χ4n) is 4.66. The molecule has 224 valence electrons. The summed E-state index contributed by atoms with van der Waals surface area (Å²) in [5.74, 6) is -0.945. The maximum atomic E-state index is 15.2. The number of sulfonamides is 1. The van der Waals surface area contributed by atoms with E-state index in [4.69, 9.17) is 14.0 Å². The smallest absolute Gasteiger partial charge is 0.393 e. The highest BCUT2D eigenvalue weighted by molar-refractivity contribution is 7.93. The molecule has 1 N–H and O–H groups in total. The maximum absolute atomic E-state index is 15.2. The Hall–Kier alpha value is -4.85. The number of H-pyrrole nitrogens is 1. The van der Waals surface area contributed by atoms with E-state index in [0.717, 1.165) is 22.5 Å². The number of hydrogen-bond donors (Lipinski definition) is 1. The number of nitrogens with one attached hydrogen (secondary N) is 1. The molecule has 5 rings (SSSR count). The summed E-state index contributed by atoms with van der Waals surface area (Å²) in [5, 5.41) is 3.99. The van der Waals surface area contributed by atoms with Crippen LogP contribution in [-0.4, -0.2) is 39.0 Å². The second-order valence-corrected chi connectivity index (χ2v) is 11.2. The number of hydrogen-bond acceptors (Lipinski definition) is 7. The van der Waals surface area contributed by atoms with E-state index in [1.165, 1.54) is 44.7 Å². The van der Waals surface area contributed by atoms with Gasteiger partial charge in [-0.1, -0.05) is 17.3 Å². The predicted molar refractivity (Wildman–Crippen MR) is 149 cm³/mol. The minimum Gasteiger partial charge on any atom is -0.497 e. The number of nitrogens with zero attached hydrogens (tertiary/aromatic N) is 2. The van der Waals surface area contributed by atoms with Crippen molar-refractivity contribution in [2.24, 2.45) is 0 Å². The molecule has 5 aromatic rings. The van der Waals surface area contributed by atoms with Gasteiger partial charge in [0.15, 0.2) is 5.82 Å². The van der Waals surface area contributed by atoms with Gasteiger partial charge in [-0.25, -0.2) is 17.1 Å². The summed E-state index contributed by atoms with van der Waals surface area (Å²) >= 11 is 0. The van der Waals surface area contributed by atoms with E-state index < -0.39 is 39.6 Å². The summed E-state index contributed by atoms with van der Waals surface area (Å²) in [6.07, 6.45) is -5.08. The van der Waals surface area contributed by atoms with Gasteiger partial charge in [-0.15, -0.1) is 0 Å². The fourth-order valence-corrected chi connectivity index (χ4v) is 6.27. The maximum Gasteiger partial charge on any atom is 0.393 e. The molecule has 3 aromatic carbocycles. The lowest BCUT2D eigenvalue weighted by molar-refractivity contribution is -0.127. The zero-order valence-electron chi connectivity index (χ0n) is 22.6. The zero-order chi connectivity index (χ0) is 30.9. The van der Waals surface area contributed by atoms with Gasteiger partial charge in [0.2, 0.25) is 5.56 Å². The lowest BCUT2D eigenvalue weighted by Crippen LogP contribution is -2.31. The topological polar surface area (TPSA) is 115 Å². The number of benzene rings is 3. The van der Waals surface area contributed by atoms with Crippen LogP contribution in [0.25, 0.3) is 22.0 Å². The first kappa shape index (κ1) is 29.6. The normalized spacial score (nSPS) is 12.0. The van der Waals surface area contributed by atoms with Gasteiger partial charge >= 0.3 is 6.18 Å². The van der Waals surface area contributed by atoms with Crippen LogP contribution in [0.4, 0.5) is 23.4 Å². The van der Waals surface area contributed by atoms with Gasteiger partial charge in [-0.05, 0) is 48.0 Å². The first-order chi connectivity index (χ1) is 20.4. The van der Waals surface area contributed by atoms with Crippen molar-refractivity contribution in [3.8, 4) is 22.6 Å². The van der Waals surface area contributed by atoms with Gasteiger partial charge in [0.25, 0.3) is 10.0 Å². The first-order valence-electron chi connectivity index (χ1n) is 12.6. The van der Waals surface area contributed by atoms with Gasteiger partial charge in [0.1, 0.15) is 23.6 Å². The quantitative estimate of drug-likeness (QED) is 0.207. The standard InChI is InChI=1S/C29H23F4N3O6S/c1-40-19-5-3-17(4-6-19)16-36(26-11-12-42-35-26)43(38,39)25-9-8-23-20(7-10-27(37)34-23)28(25)21-14-22(30)18(13-24(21)41-2)15-29(31,32)33/h3-14H,15-16H2,1-2H3,(H,34,37). The summed E-state index contributed by atoms with van der Waals surface area (Å²) in [5.41, 5.74) is -0.671. The molecule has 0 radical (unpaired) electrons. The van der Waals surface area contributed by atoms with E-state index in [-0.39, 0.29) is 45.0 Å². The van der Waals surface area contributed by atoms with Crippen LogP contribution < -0.4 is 19.3 Å². The molecule has 43 heavy (non-hydrogen) atoms. The Bertz CT molecular complexity index is 1940. The molecule has 0 bridgehead atoms. The second-order valence-electron chi connectivity index (χ2n) is 9.38. The molecule has 14 heteroatoms. The average Bonchev–Trinajstić information content (AvgIpc) is 3.50. The minimum absolute atomic E-state index is 0.0676. The van der Waals surface area contributed by atoms with Crippen LogP contribution in [0.5, 0.6) is 11.5 Å². The molecule has 0 aliphatic carbocycles. The van der Waals surface area contributed by atoms with Gasteiger partial charge in [-0.2, -0.15) is 13.2 Å². The highest BCUT2D eigenvalue weighted by atomic mass is 32.2. The minimum atomic E-state index is -4.71. The van der Waals surface area contributed by atoms with Crippen LogP contribution in [-0.2, 0) is 23.0 Å². The summed E-state index contributed by atoms with van der Waals surface area (Å²) in [7, 11) is -1.91. The van der Waals surface area contributed by atoms with Crippen molar-refractivity contribution in [3.05, 3.63) is 100 Å². The Morgan fingerprint density at radius 1 is 0.977 bits per heavy atom. The van der Waals surface area contributed by atoms with E-state index in [9.17, 15) is 26.4 Å². The molecule has 2 heterocycles. The van der Waals surface area contributed by atoms with Crippen molar-refractivity contribution in [1.29, 1.82) is 0 Å². The molecule has 2 aromatic heterocycles. The zero-order valence-corrected chi connectivity index (χ0v) is 23.4. The van der Waals surface area contributed by atoms with E-state index >= 15 is 4.39 Å². The monoisotopic (exact) mass is 617 g/mol. The molecule has 0 aliphatic heterocycles. The van der Waals surface area contributed by atoms with E-state index in [2.05, 4.69) is 10.1 Å². The largest absolute Gasteiger partial charge is 0.497 e. The average molecular weight is 618 g/mol. The van der Waals surface area contributed by atoms with Crippen molar-refractivity contribution in [1.82, 2.24) is 10.1 Å². The molecule has 9 nitrogen and oxygen atoms in total. The summed E-state index contributed by atoms with van der Waals surface area (Å²) < 4.78 is 100.0. The van der Waals surface area contributed by atoms with E-state index in [0.29, 0.717) is 11.3 Å². The number of methoxy groups -OCH3 is 2. The summed E-state index contributed by atoms with van der Waals surface area (Å²) in [6, 6.07) is 14.7. The van der Waals surface area contributed by atoms with Crippen molar-refractivity contribution in [2.75, 3.05) is 18.5 Å². The number of alkyl halides is 3. The first-order valence-corrected chi connectivity index (χ1v) is 14.0. The van der Waals surface area contributed by atoms with Crippen LogP contribution >= 0.6 is 0 Å². The Morgan fingerprint density at radius 2 is 1.72 bits per heavy atom. The third-order valence-electron chi connectivity index (χ3n) is 6.63. The number of rotatable bonds is 9. The molecule has 0 atom stereocenters. The summed E-state index contributed by atoms with van der Waals surface area (Å²) in [4.78, 5) is 14.3. The molecular formula is C29H23F4N3O6S. The van der Waals surface area contributed by atoms with Crippen molar-refractivity contribution >= 4 is 26.7 Å². The number of pyridine rings is 1. The van der Waals surface area contributed by atoms with Gasteiger partial charge < -0.3 is 19.0 Å². The van der Waals surface area contributed by atoms with E-state index in [1.54, 1.807) is 24.3 Å². The van der Waals surface area contributed by atoms with Gasteiger partial charge in [-0.3, -0.25) is 4.79 Å². The lowest BCUT2D eigenvalue weighted by atomic mass is 9.97. The number of aromatic nitrogens is 2. The Labute approximate surface area is 242 Å². The van der Waals surface area contributed by atoms with Crippen LogP contribution in [0, 0.1) is 5.82 Å². The predicted octanol–water partition coefficient (Wildman–Crippen LogP) is 5.84. The number of fused-ring (bicyclic) bond motifs is 1. The third kappa shape index (κ3) is 6.04. The number of aromatic amines is 1. The molecule has 0 aliphatic rings. The molecule has 0 amide bonds. The number of halogens is 4. The molecule has 0 saturated carbocycles. The molecule has 0 spiro atoms.